The van der Waals surface area contributed by atoms with E-state index in [1.165, 1.54) is 0 Å². The molecule has 0 heterocycles. The summed E-state index contributed by atoms with van der Waals surface area (Å²) >= 11 is 0. The van der Waals surface area contributed by atoms with E-state index in [1.54, 1.807) is 0 Å². The molecule has 1 aromatic rings. The number of nitrogens with one attached hydrogen (secondary N) is 1. The van der Waals surface area contributed by atoms with Crippen molar-refractivity contribution in [1.29, 1.82) is 0 Å². The maximum absolute atomic E-state index is 11.3. The Hall–Kier alpha value is -1.55. The summed E-state index contributed by atoms with van der Waals surface area (Å²) < 4.78 is 5.48. The molecule has 0 aliphatic rings. The quantitative estimate of drug-likeness (QED) is 0.815. The van der Waals surface area contributed by atoms with Crippen molar-refractivity contribution in [3.63, 3.8) is 0 Å². The molecule has 0 radical (unpaired) electrons. The van der Waals surface area contributed by atoms with Crippen LogP contribution < -0.4 is 15.8 Å². The Labute approximate surface area is 102 Å². The second kappa shape index (κ2) is 6.25. The Kier molecular flexibility index (Phi) is 4.97. The molecule has 3 N–H and O–H groups in total. The molecular formula is C13H20N2O2. The first-order valence-corrected chi connectivity index (χ1v) is 5.80. The molecule has 1 aromatic carbocycles. The minimum atomic E-state index is -0.122. The van der Waals surface area contributed by atoms with E-state index in [1.807, 2.05) is 39.0 Å². The van der Waals surface area contributed by atoms with Crippen LogP contribution in [0.3, 0.4) is 0 Å². The molecular weight excluding hydrogens is 216 g/mol. The molecule has 0 aliphatic heterocycles. The highest BCUT2D eigenvalue weighted by molar-refractivity contribution is 5.77. The highest BCUT2D eigenvalue weighted by atomic mass is 16.5. The Balaban J connectivity index is 2.73. The average molecular weight is 236 g/mol. The Morgan fingerprint density at radius 2 is 2.24 bits per heavy atom. The Morgan fingerprint density at radius 3 is 2.82 bits per heavy atom. The lowest BCUT2D eigenvalue weighted by Gasteiger charge is -2.14. The number of rotatable bonds is 5. The van der Waals surface area contributed by atoms with Crippen LogP contribution in [0.25, 0.3) is 0 Å². The third-order valence-electron chi connectivity index (χ3n) is 2.39. The monoisotopic (exact) mass is 236 g/mol. The van der Waals surface area contributed by atoms with E-state index < -0.39 is 0 Å². The zero-order valence-electron chi connectivity index (χ0n) is 10.6. The predicted molar refractivity (Wildman–Crippen MR) is 68.0 cm³/mol. The fourth-order valence-corrected chi connectivity index (χ4v) is 1.55. The van der Waals surface area contributed by atoms with Crippen LogP contribution in [0.2, 0.25) is 0 Å². The van der Waals surface area contributed by atoms with Crippen LogP contribution in [-0.2, 0) is 4.79 Å². The number of carbonyl (C=O) groups excluding carboxylic acids is 1. The number of hydrogen-bond acceptors (Lipinski definition) is 3. The van der Waals surface area contributed by atoms with Crippen LogP contribution in [0.15, 0.2) is 18.2 Å². The van der Waals surface area contributed by atoms with Gasteiger partial charge in [-0.05, 0) is 26.8 Å². The number of amides is 1. The number of benzene rings is 1. The second-order valence-electron chi connectivity index (χ2n) is 4.07. The molecule has 1 atom stereocenters. The number of ether oxygens (including phenoxy) is 1. The molecule has 0 fully saturated rings. The maximum atomic E-state index is 11.3. The van der Waals surface area contributed by atoms with Crippen molar-refractivity contribution in [3.05, 3.63) is 29.3 Å². The van der Waals surface area contributed by atoms with E-state index in [0.717, 1.165) is 11.1 Å². The predicted octanol–water partition coefficient (Wildman–Crippen LogP) is 1.53. The van der Waals surface area contributed by atoms with Gasteiger partial charge in [-0.3, -0.25) is 4.79 Å². The van der Waals surface area contributed by atoms with Crippen LogP contribution >= 0.6 is 0 Å². The second-order valence-corrected chi connectivity index (χ2v) is 4.07. The van der Waals surface area contributed by atoms with Gasteiger partial charge >= 0.3 is 0 Å². The van der Waals surface area contributed by atoms with Gasteiger partial charge in [-0.15, -0.1) is 0 Å². The molecule has 1 unspecified atom stereocenters. The van der Waals surface area contributed by atoms with E-state index >= 15 is 0 Å². The highest BCUT2D eigenvalue weighted by Crippen LogP contribution is 2.24. The van der Waals surface area contributed by atoms with Crippen LogP contribution in [0.5, 0.6) is 5.75 Å². The van der Waals surface area contributed by atoms with E-state index in [4.69, 9.17) is 10.5 Å². The van der Waals surface area contributed by atoms with E-state index in [0.29, 0.717) is 12.3 Å². The topological polar surface area (TPSA) is 64.3 Å². The average Bonchev–Trinajstić information content (AvgIpc) is 2.27. The van der Waals surface area contributed by atoms with Crippen molar-refractivity contribution in [2.45, 2.75) is 26.8 Å². The largest absolute Gasteiger partial charge is 0.483 e. The van der Waals surface area contributed by atoms with Crippen molar-refractivity contribution < 1.29 is 9.53 Å². The number of aryl methyl sites for hydroxylation is 1. The van der Waals surface area contributed by atoms with Gasteiger partial charge in [0.05, 0.1) is 0 Å². The normalized spacial score (nSPS) is 12.0. The lowest BCUT2D eigenvalue weighted by Crippen LogP contribution is -2.28. The SMILES string of the molecule is CCNC(=O)COc1ccc(C)cc1C(C)N. The third kappa shape index (κ3) is 4.07. The molecule has 1 amide bonds. The zero-order valence-corrected chi connectivity index (χ0v) is 10.6. The lowest BCUT2D eigenvalue weighted by molar-refractivity contribution is -0.122. The molecule has 0 saturated carbocycles. The van der Waals surface area contributed by atoms with Crippen LogP contribution in [0.1, 0.15) is 31.0 Å². The molecule has 0 aromatic heterocycles. The van der Waals surface area contributed by atoms with Gasteiger partial charge in [-0.1, -0.05) is 17.7 Å². The van der Waals surface area contributed by atoms with Gasteiger partial charge in [-0.2, -0.15) is 0 Å². The molecule has 94 valence electrons. The fourth-order valence-electron chi connectivity index (χ4n) is 1.55. The minimum Gasteiger partial charge on any atom is -0.483 e. The van der Waals surface area contributed by atoms with Gasteiger partial charge in [0.1, 0.15) is 5.75 Å². The van der Waals surface area contributed by atoms with Crippen molar-refractivity contribution in [1.82, 2.24) is 5.32 Å². The van der Waals surface area contributed by atoms with Gasteiger partial charge in [0.25, 0.3) is 5.91 Å². The van der Waals surface area contributed by atoms with Crippen molar-refractivity contribution in [2.24, 2.45) is 5.73 Å². The molecule has 0 saturated heterocycles. The number of hydrogen-bond donors (Lipinski definition) is 2. The van der Waals surface area contributed by atoms with Gasteiger partial charge in [0, 0.05) is 18.2 Å². The summed E-state index contributed by atoms with van der Waals surface area (Å²) in [6, 6.07) is 5.67. The fraction of sp³-hybridized carbons (Fsp3) is 0.462. The molecule has 0 aliphatic carbocycles. The smallest absolute Gasteiger partial charge is 0.257 e. The number of carbonyl (C=O) groups is 1. The Morgan fingerprint density at radius 1 is 1.53 bits per heavy atom. The summed E-state index contributed by atoms with van der Waals surface area (Å²) in [5.41, 5.74) is 7.92. The standard InChI is InChI=1S/C13H20N2O2/c1-4-15-13(16)8-17-12-6-5-9(2)7-11(12)10(3)14/h5-7,10H,4,8,14H2,1-3H3,(H,15,16). The summed E-state index contributed by atoms with van der Waals surface area (Å²) in [7, 11) is 0. The van der Waals surface area contributed by atoms with Crippen molar-refractivity contribution in [2.75, 3.05) is 13.2 Å². The molecule has 0 spiro atoms. The van der Waals surface area contributed by atoms with Crippen LogP contribution in [0, 0.1) is 6.92 Å². The van der Waals surface area contributed by atoms with Crippen molar-refractivity contribution in [3.8, 4) is 5.75 Å². The summed E-state index contributed by atoms with van der Waals surface area (Å²) in [5, 5.41) is 2.68. The van der Waals surface area contributed by atoms with Crippen molar-refractivity contribution >= 4 is 5.91 Å². The molecule has 0 bridgehead atoms. The molecule has 4 nitrogen and oxygen atoms in total. The third-order valence-corrected chi connectivity index (χ3v) is 2.39. The van der Waals surface area contributed by atoms with Crippen LogP contribution in [-0.4, -0.2) is 19.1 Å². The first-order valence-electron chi connectivity index (χ1n) is 5.80. The summed E-state index contributed by atoms with van der Waals surface area (Å²) in [6.07, 6.45) is 0. The van der Waals surface area contributed by atoms with Crippen LogP contribution in [0.4, 0.5) is 0 Å². The Bertz CT molecular complexity index is 389. The number of likely N-dealkylation sites (N-methyl/N-ethyl adjacent to an activating group) is 1. The van der Waals surface area contributed by atoms with E-state index in [9.17, 15) is 4.79 Å². The first-order chi connectivity index (χ1) is 8.04. The maximum Gasteiger partial charge on any atom is 0.257 e. The summed E-state index contributed by atoms with van der Waals surface area (Å²) in [4.78, 5) is 11.3. The van der Waals surface area contributed by atoms with Gasteiger partial charge in [0.2, 0.25) is 0 Å². The molecule has 1 rings (SSSR count). The summed E-state index contributed by atoms with van der Waals surface area (Å²) in [5.74, 6) is 0.556. The number of nitrogens with two attached hydrogens (primary N) is 1. The minimum absolute atomic E-state index is 0.0244. The molecule has 4 heteroatoms. The van der Waals surface area contributed by atoms with E-state index in [2.05, 4.69) is 5.32 Å². The first kappa shape index (κ1) is 13.5. The van der Waals surface area contributed by atoms with Gasteiger partial charge < -0.3 is 15.8 Å². The van der Waals surface area contributed by atoms with Gasteiger partial charge in [0.15, 0.2) is 6.61 Å². The lowest BCUT2D eigenvalue weighted by atomic mass is 10.1. The highest BCUT2D eigenvalue weighted by Gasteiger charge is 2.09. The van der Waals surface area contributed by atoms with E-state index in [-0.39, 0.29) is 18.6 Å². The zero-order chi connectivity index (χ0) is 12.8. The van der Waals surface area contributed by atoms with Gasteiger partial charge in [-0.25, -0.2) is 0 Å². The molecule has 17 heavy (non-hydrogen) atoms. The summed E-state index contributed by atoms with van der Waals surface area (Å²) in [6.45, 7) is 6.40.